The molecule has 5 nitrogen and oxygen atoms in total. The van der Waals surface area contributed by atoms with Crippen molar-refractivity contribution in [3.05, 3.63) is 34.9 Å². The fraction of sp³-hybridized carbons (Fsp3) is 0.529. The highest BCUT2D eigenvalue weighted by Gasteiger charge is 2.20. The standard InChI is InChI=1S/C17H24ClN3O2/c1-13(11-14-5-7-15(18)8-6-14)20(2)17(23)19-12-16(22)21-9-3-4-10-21/h5-8,13H,3-4,9-12H2,1-2H3,(H,19,23). The quantitative estimate of drug-likeness (QED) is 0.897. The summed E-state index contributed by atoms with van der Waals surface area (Å²) < 4.78 is 0. The topological polar surface area (TPSA) is 52.7 Å². The molecule has 2 rings (SSSR count). The number of carbonyl (C=O) groups is 2. The van der Waals surface area contributed by atoms with Gasteiger partial charge < -0.3 is 15.1 Å². The first-order valence-electron chi connectivity index (χ1n) is 8.00. The van der Waals surface area contributed by atoms with Crippen molar-refractivity contribution in [2.45, 2.75) is 32.2 Å². The molecule has 1 saturated heterocycles. The van der Waals surface area contributed by atoms with Crippen molar-refractivity contribution in [3.63, 3.8) is 0 Å². The summed E-state index contributed by atoms with van der Waals surface area (Å²) in [7, 11) is 1.75. The van der Waals surface area contributed by atoms with E-state index in [2.05, 4.69) is 5.32 Å². The van der Waals surface area contributed by atoms with Crippen LogP contribution in [0.15, 0.2) is 24.3 Å². The van der Waals surface area contributed by atoms with Crippen LogP contribution in [0.25, 0.3) is 0 Å². The van der Waals surface area contributed by atoms with E-state index in [9.17, 15) is 9.59 Å². The number of urea groups is 1. The molecule has 0 bridgehead atoms. The SMILES string of the molecule is CC(Cc1ccc(Cl)cc1)N(C)C(=O)NCC(=O)N1CCCC1. The number of nitrogens with zero attached hydrogens (tertiary/aromatic N) is 2. The second-order valence-electron chi connectivity index (χ2n) is 6.04. The van der Waals surface area contributed by atoms with Gasteiger partial charge in [0.05, 0.1) is 6.54 Å². The van der Waals surface area contributed by atoms with Crippen molar-refractivity contribution in [2.24, 2.45) is 0 Å². The maximum Gasteiger partial charge on any atom is 0.317 e. The fourth-order valence-corrected chi connectivity index (χ4v) is 2.78. The Hall–Kier alpha value is -1.75. The zero-order valence-corrected chi connectivity index (χ0v) is 14.5. The minimum Gasteiger partial charge on any atom is -0.341 e. The summed E-state index contributed by atoms with van der Waals surface area (Å²) in [6, 6.07) is 7.41. The van der Waals surface area contributed by atoms with Crippen LogP contribution in [0.3, 0.4) is 0 Å². The number of amides is 3. The number of hydrogen-bond acceptors (Lipinski definition) is 2. The van der Waals surface area contributed by atoms with Gasteiger partial charge in [-0.2, -0.15) is 0 Å². The Morgan fingerprint density at radius 3 is 2.48 bits per heavy atom. The van der Waals surface area contributed by atoms with Gasteiger partial charge in [0.2, 0.25) is 5.91 Å². The van der Waals surface area contributed by atoms with Crippen molar-refractivity contribution in [2.75, 3.05) is 26.7 Å². The van der Waals surface area contributed by atoms with Gasteiger partial charge in [0, 0.05) is 31.2 Å². The van der Waals surface area contributed by atoms with E-state index in [0.29, 0.717) is 5.02 Å². The summed E-state index contributed by atoms with van der Waals surface area (Å²) in [5.74, 6) is -0.00500. The van der Waals surface area contributed by atoms with Crippen LogP contribution in [0.5, 0.6) is 0 Å². The molecule has 1 aliphatic heterocycles. The van der Waals surface area contributed by atoms with Crippen LogP contribution in [0.1, 0.15) is 25.3 Å². The molecule has 0 aromatic heterocycles. The van der Waals surface area contributed by atoms with Crippen molar-refractivity contribution >= 4 is 23.5 Å². The van der Waals surface area contributed by atoms with E-state index in [1.807, 2.05) is 31.2 Å². The third-order valence-corrected chi connectivity index (χ3v) is 4.53. The molecule has 1 aromatic rings. The average Bonchev–Trinajstić information content (AvgIpc) is 3.08. The Kier molecular flexibility index (Phi) is 6.28. The molecule has 6 heteroatoms. The number of likely N-dealkylation sites (tertiary alicyclic amines) is 1. The maximum atomic E-state index is 12.2. The molecular formula is C17H24ClN3O2. The molecule has 23 heavy (non-hydrogen) atoms. The van der Waals surface area contributed by atoms with E-state index >= 15 is 0 Å². The first-order valence-corrected chi connectivity index (χ1v) is 8.38. The summed E-state index contributed by atoms with van der Waals surface area (Å²) in [4.78, 5) is 27.6. The van der Waals surface area contributed by atoms with Crippen LogP contribution in [-0.2, 0) is 11.2 Å². The van der Waals surface area contributed by atoms with E-state index in [1.54, 1.807) is 16.8 Å². The van der Waals surface area contributed by atoms with Crippen molar-refractivity contribution in [1.82, 2.24) is 15.1 Å². The van der Waals surface area contributed by atoms with Gasteiger partial charge >= 0.3 is 6.03 Å². The third-order valence-electron chi connectivity index (χ3n) is 4.28. The zero-order chi connectivity index (χ0) is 16.8. The minimum absolute atomic E-state index is 0.00500. The maximum absolute atomic E-state index is 12.2. The molecule has 0 aliphatic carbocycles. The van der Waals surface area contributed by atoms with Crippen molar-refractivity contribution in [3.8, 4) is 0 Å². The number of carbonyl (C=O) groups excluding carboxylic acids is 2. The lowest BCUT2D eigenvalue weighted by Gasteiger charge is -2.26. The Labute approximate surface area is 142 Å². The molecule has 126 valence electrons. The minimum atomic E-state index is -0.223. The lowest BCUT2D eigenvalue weighted by molar-refractivity contribution is -0.129. The largest absolute Gasteiger partial charge is 0.341 e. The lowest BCUT2D eigenvalue weighted by Crippen LogP contribution is -2.46. The summed E-state index contributed by atoms with van der Waals surface area (Å²) >= 11 is 5.88. The van der Waals surface area contributed by atoms with Crippen LogP contribution in [0.2, 0.25) is 5.02 Å². The highest BCUT2D eigenvalue weighted by molar-refractivity contribution is 6.30. The molecule has 0 saturated carbocycles. The molecule has 1 atom stereocenters. The van der Waals surface area contributed by atoms with Gasteiger partial charge in [-0.05, 0) is 43.9 Å². The van der Waals surface area contributed by atoms with Crippen molar-refractivity contribution in [1.29, 1.82) is 0 Å². The number of rotatable bonds is 5. The Morgan fingerprint density at radius 1 is 1.26 bits per heavy atom. The highest BCUT2D eigenvalue weighted by Crippen LogP contribution is 2.13. The van der Waals surface area contributed by atoms with Gasteiger partial charge in [-0.15, -0.1) is 0 Å². The number of benzene rings is 1. The lowest BCUT2D eigenvalue weighted by atomic mass is 10.1. The summed E-state index contributed by atoms with van der Waals surface area (Å²) in [6.07, 6.45) is 2.84. The first kappa shape index (κ1) is 17.6. The second kappa shape index (κ2) is 8.20. The molecule has 0 radical (unpaired) electrons. The van der Waals surface area contributed by atoms with Crippen LogP contribution >= 0.6 is 11.6 Å². The fourth-order valence-electron chi connectivity index (χ4n) is 2.65. The van der Waals surface area contributed by atoms with E-state index in [1.165, 1.54) is 0 Å². The molecule has 1 aromatic carbocycles. The van der Waals surface area contributed by atoms with E-state index in [4.69, 9.17) is 11.6 Å². The number of halogens is 1. The molecule has 1 fully saturated rings. The second-order valence-corrected chi connectivity index (χ2v) is 6.47. The zero-order valence-electron chi connectivity index (χ0n) is 13.7. The molecule has 1 heterocycles. The highest BCUT2D eigenvalue weighted by atomic mass is 35.5. The van der Waals surface area contributed by atoms with Crippen LogP contribution < -0.4 is 5.32 Å². The Bertz CT molecular complexity index is 541. The monoisotopic (exact) mass is 337 g/mol. The number of nitrogens with one attached hydrogen (secondary N) is 1. The summed E-state index contributed by atoms with van der Waals surface area (Å²) in [5.41, 5.74) is 1.12. The number of hydrogen-bond donors (Lipinski definition) is 1. The summed E-state index contributed by atoms with van der Waals surface area (Å²) in [5, 5.41) is 3.41. The van der Waals surface area contributed by atoms with E-state index in [-0.39, 0.29) is 24.5 Å². The van der Waals surface area contributed by atoms with E-state index < -0.39 is 0 Å². The van der Waals surface area contributed by atoms with Crippen LogP contribution in [0, 0.1) is 0 Å². The molecular weight excluding hydrogens is 314 g/mol. The van der Waals surface area contributed by atoms with Gasteiger partial charge in [0.15, 0.2) is 0 Å². The molecule has 1 N–H and O–H groups in total. The predicted octanol–water partition coefficient (Wildman–Crippen LogP) is 2.53. The number of likely N-dealkylation sites (N-methyl/N-ethyl adjacent to an activating group) is 1. The summed E-state index contributed by atoms with van der Waals surface area (Å²) in [6.45, 7) is 3.66. The normalized spacial score (nSPS) is 15.3. The van der Waals surface area contributed by atoms with Gasteiger partial charge in [-0.1, -0.05) is 23.7 Å². The van der Waals surface area contributed by atoms with E-state index in [0.717, 1.165) is 37.9 Å². The van der Waals surface area contributed by atoms with Gasteiger partial charge in [-0.3, -0.25) is 4.79 Å². The Balaban J connectivity index is 1.78. The van der Waals surface area contributed by atoms with Crippen LogP contribution in [-0.4, -0.2) is 54.5 Å². The van der Waals surface area contributed by atoms with Crippen molar-refractivity contribution < 1.29 is 9.59 Å². The predicted molar refractivity (Wildman–Crippen MR) is 91.6 cm³/mol. The molecule has 3 amide bonds. The average molecular weight is 338 g/mol. The first-order chi connectivity index (χ1) is 11.0. The van der Waals surface area contributed by atoms with Crippen LogP contribution in [0.4, 0.5) is 4.79 Å². The molecule has 0 spiro atoms. The van der Waals surface area contributed by atoms with Gasteiger partial charge in [-0.25, -0.2) is 4.79 Å². The Morgan fingerprint density at radius 2 is 1.87 bits per heavy atom. The molecule has 1 unspecified atom stereocenters. The van der Waals surface area contributed by atoms with Gasteiger partial charge in [0.1, 0.15) is 0 Å². The molecule has 1 aliphatic rings. The van der Waals surface area contributed by atoms with Gasteiger partial charge in [0.25, 0.3) is 0 Å². The third kappa shape index (κ3) is 5.13. The smallest absolute Gasteiger partial charge is 0.317 e.